The Morgan fingerprint density at radius 2 is 1.11 bits per heavy atom. The zero-order chi connectivity index (χ0) is 33.0. The van der Waals surface area contributed by atoms with E-state index in [1.807, 2.05) is 41.9 Å². The number of quaternary nitrogens is 1. The van der Waals surface area contributed by atoms with Gasteiger partial charge >= 0.3 is 0 Å². The van der Waals surface area contributed by atoms with Gasteiger partial charge < -0.3 is 27.9 Å². The van der Waals surface area contributed by atoms with Gasteiger partial charge in [-0.3, -0.25) is 4.57 Å². The van der Waals surface area contributed by atoms with Crippen molar-refractivity contribution in [1.82, 2.24) is 0 Å². The van der Waals surface area contributed by atoms with Gasteiger partial charge in [-0.2, -0.15) is 0 Å². The van der Waals surface area contributed by atoms with Crippen molar-refractivity contribution in [1.29, 1.82) is 0 Å². The summed E-state index contributed by atoms with van der Waals surface area (Å²) in [5.74, 6) is 0. The number of unbranched alkanes of at least 4 members (excludes halogenated alkanes) is 18. The second-order valence-corrected chi connectivity index (χ2v) is 16.0. The first-order chi connectivity index (χ1) is 20.8. The number of rotatable bonds is 32. The molecule has 0 aliphatic carbocycles. The Kier molecular flexibility index (Phi) is 27.6. The van der Waals surface area contributed by atoms with Gasteiger partial charge in [0.15, 0.2) is 0 Å². The minimum absolute atomic E-state index is 0.0854. The minimum Gasteiger partial charge on any atom is -0.756 e. The van der Waals surface area contributed by atoms with Crippen molar-refractivity contribution in [2.24, 2.45) is 0 Å². The van der Waals surface area contributed by atoms with Crippen LogP contribution in [0.1, 0.15) is 156 Å². The first-order valence-corrected chi connectivity index (χ1v) is 19.6. The van der Waals surface area contributed by atoms with Crippen LogP contribution in [0.5, 0.6) is 0 Å². The summed E-state index contributed by atoms with van der Waals surface area (Å²) in [7, 11) is 1.55. The van der Waals surface area contributed by atoms with E-state index >= 15 is 0 Å². The van der Waals surface area contributed by atoms with Crippen molar-refractivity contribution >= 4 is 7.82 Å². The van der Waals surface area contributed by atoms with Crippen LogP contribution in [-0.4, -0.2) is 70.3 Å². The Bertz CT molecular complexity index is 704. The predicted molar refractivity (Wildman–Crippen MR) is 185 cm³/mol. The van der Waals surface area contributed by atoms with Gasteiger partial charge in [0.2, 0.25) is 0 Å². The lowest BCUT2D eigenvalue weighted by Gasteiger charge is -2.31. The van der Waals surface area contributed by atoms with Crippen molar-refractivity contribution in [2.75, 3.05) is 54.1 Å². The molecule has 0 aromatic heterocycles. The molecule has 8 heteroatoms. The first kappa shape index (κ1) is 43.7. The molecule has 0 aromatic rings. The van der Waals surface area contributed by atoms with Crippen LogP contribution in [-0.2, 0) is 23.1 Å². The van der Waals surface area contributed by atoms with E-state index in [0.717, 1.165) is 12.8 Å². The van der Waals surface area contributed by atoms with Crippen LogP contribution in [0.2, 0.25) is 0 Å². The van der Waals surface area contributed by atoms with Gasteiger partial charge in [0, 0.05) is 6.61 Å². The minimum atomic E-state index is -4.38. The summed E-state index contributed by atoms with van der Waals surface area (Å²) in [6, 6.07) is 0. The fourth-order valence-electron chi connectivity index (χ4n) is 4.98. The average molecular weight is 648 g/mol. The molecule has 0 N–H and O–H groups in total. The van der Waals surface area contributed by atoms with Crippen LogP contribution in [0.3, 0.4) is 0 Å². The Balaban J connectivity index is 3.71. The molecule has 0 aliphatic heterocycles. The van der Waals surface area contributed by atoms with Gasteiger partial charge in [-0.15, -0.1) is 0 Å². The normalized spacial score (nSPS) is 14.8. The summed E-state index contributed by atoms with van der Waals surface area (Å²) in [6.07, 6.45) is 30.9. The zero-order valence-corrected chi connectivity index (χ0v) is 31.1. The molecule has 2 atom stereocenters. The molecule has 7 nitrogen and oxygen atoms in total. The highest BCUT2D eigenvalue weighted by Crippen LogP contribution is 2.38. The summed E-state index contributed by atoms with van der Waals surface area (Å²) in [5, 5.41) is 0. The van der Waals surface area contributed by atoms with Crippen molar-refractivity contribution in [3.05, 3.63) is 12.2 Å². The third kappa shape index (κ3) is 34.6. The molecule has 0 rings (SSSR count). The van der Waals surface area contributed by atoms with Crippen LogP contribution >= 0.6 is 7.82 Å². The lowest BCUT2D eigenvalue weighted by atomic mass is 10.0. The fraction of sp³-hybridized carbons (Fsp3) is 0.944. The highest BCUT2D eigenvalue weighted by molar-refractivity contribution is 7.45. The average Bonchev–Trinajstić information content (AvgIpc) is 2.92. The van der Waals surface area contributed by atoms with Gasteiger partial charge in [-0.1, -0.05) is 115 Å². The lowest BCUT2D eigenvalue weighted by molar-refractivity contribution is -0.870. The molecule has 0 amide bonds. The molecule has 264 valence electrons. The van der Waals surface area contributed by atoms with Gasteiger partial charge in [0.1, 0.15) is 19.3 Å². The van der Waals surface area contributed by atoms with E-state index in [-0.39, 0.29) is 13.2 Å². The summed E-state index contributed by atoms with van der Waals surface area (Å²) in [4.78, 5) is 12.1. The highest BCUT2D eigenvalue weighted by atomic mass is 31.2. The molecule has 0 radical (unpaired) electrons. The summed E-state index contributed by atoms with van der Waals surface area (Å²) >= 11 is 0. The van der Waals surface area contributed by atoms with Crippen LogP contribution in [0.15, 0.2) is 12.2 Å². The molecule has 0 aliphatic rings. The Morgan fingerprint density at radius 3 is 1.57 bits per heavy atom. The van der Waals surface area contributed by atoms with E-state index < -0.39 is 19.5 Å². The Morgan fingerprint density at radius 1 is 0.659 bits per heavy atom. The van der Waals surface area contributed by atoms with Gasteiger partial charge in [-0.05, 0) is 52.9 Å². The second-order valence-electron chi connectivity index (χ2n) is 14.6. The molecule has 0 fully saturated rings. The topological polar surface area (TPSA) is 77.1 Å². The third-order valence-electron chi connectivity index (χ3n) is 7.55. The first-order valence-electron chi connectivity index (χ1n) is 18.2. The lowest BCUT2D eigenvalue weighted by Crippen LogP contribution is -2.38. The van der Waals surface area contributed by atoms with Gasteiger partial charge in [0.05, 0.1) is 40.0 Å². The van der Waals surface area contributed by atoms with E-state index in [4.69, 9.17) is 18.5 Å². The SMILES string of the molecule is CCCCCCCCCCCCC/C=C\CCCCCCCCCOC[C@H](COP(=O)([O-])OCC[N+](C)(C)C)OC(C)(C)C. The number of phosphoric acid groups is 1. The summed E-state index contributed by atoms with van der Waals surface area (Å²) in [5.41, 5.74) is -0.433. The van der Waals surface area contributed by atoms with Crippen molar-refractivity contribution < 1.29 is 32.5 Å². The molecule has 44 heavy (non-hydrogen) atoms. The Labute approximate surface area is 274 Å². The van der Waals surface area contributed by atoms with E-state index in [9.17, 15) is 9.46 Å². The van der Waals surface area contributed by atoms with Gasteiger partial charge in [0.25, 0.3) is 7.82 Å². The molecule has 1 unspecified atom stereocenters. The number of ether oxygens (including phenoxy) is 2. The monoisotopic (exact) mass is 648 g/mol. The number of likely N-dealkylation sites (N-methyl/N-ethyl adjacent to an activating group) is 1. The summed E-state index contributed by atoms with van der Waals surface area (Å²) < 4.78 is 34.7. The molecular formula is C36H74NO6P. The van der Waals surface area contributed by atoms with Crippen LogP contribution < -0.4 is 4.89 Å². The van der Waals surface area contributed by atoms with Gasteiger partial charge in [-0.25, -0.2) is 0 Å². The van der Waals surface area contributed by atoms with Crippen LogP contribution in [0.25, 0.3) is 0 Å². The molecule has 0 heterocycles. The largest absolute Gasteiger partial charge is 0.756 e. The van der Waals surface area contributed by atoms with E-state index in [1.165, 1.54) is 116 Å². The number of nitrogens with zero attached hydrogens (tertiary/aromatic N) is 1. The zero-order valence-electron chi connectivity index (χ0n) is 30.3. The fourth-order valence-corrected chi connectivity index (χ4v) is 5.71. The molecule has 0 saturated heterocycles. The maximum Gasteiger partial charge on any atom is 0.268 e. The van der Waals surface area contributed by atoms with Crippen molar-refractivity contribution in [3.8, 4) is 0 Å². The van der Waals surface area contributed by atoms with Crippen molar-refractivity contribution in [3.63, 3.8) is 0 Å². The smallest absolute Gasteiger partial charge is 0.268 e. The molecule has 0 saturated carbocycles. The molecule has 0 aromatic carbocycles. The molecule has 0 bridgehead atoms. The number of phosphoric ester groups is 1. The van der Waals surface area contributed by atoms with E-state index in [2.05, 4.69) is 19.1 Å². The number of hydrogen-bond donors (Lipinski definition) is 0. The standard InChI is InChI=1S/C36H74NO6P/c1-8-9-10-11-12-13-14-15-16-17-18-19-20-21-22-23-24-25-26-27-28-29-31-40-33-35(43-36(2,3)4)34-42-44(38,39)41-32-30-37(5,6)7/h20-21,35H,8-19,22-34H2,1-7H3/b21-20-/t35-/m1/s1. The predicted octanol–water partition coefficient (Wildman–Crippen LogP) is 9.77. The third-order valence-corrected chi connectivity index (χ3v) is 8.52. The Hall–Kier alpha value is -0.270. The van der Waals surface area contributed by atoms with Crippen molar-refractivity contribution in [2.45, 2.75) is 168 Å². The summed E-state index contributed by atoms with van der Waals surface area (Å²) in [6.45, 7) is 9.57. The van der Waals surface area contributed by atoms with Crippen LogP contribution in [0, 0.1) is 0 Å². The number of hydrogen-bond acceptors (Lipinski definition) is 6. The number of allylic oxidation sites excluding steroid dienone is 2. The van der Waals surface area contributed by atoms with E-state index in [1.54, 1.807) is 0 Å². The van der Waals surface area contributed by atoms with Crippen LogP contribution in [0.4, 0.5) is 0 Å². The van der Waals surface area contributed by atoms with E-state index in [0.29, 0.717) is 24.2 Å². The maximum atomic E-state index is 12.1. The molecular weight excluding hydrogens is 573 g/mol. The quantitative estimate of drug-likeness (QED) is 0.0313. The molecule has 0 spiro atoms. The maximum absolute atomic E-state index is 12.1. The highest BCUT2D eigenvalue weighted by Gasteiger charge is 2.22. The second kappa shape index (κ2) is 27.8.